The maximum absolute atomic E-state index is 12.8. The van der Waals surface area contributed by atoms with Crippen molar-refractivity contribution in [2.45, 2.75) is 32.6 Å². The zero-order valence-electron chi connectivity index (χ0n) is 15.2. The van der Waals surface area contributed by atoms with E-state index in [2.05, 4.69) is 36.8 Å². The molecule has 0 spiro atoms. The predicted molar refractivity (Wildman–Crippen MR) is 96.9 cm³/mol. The number of aromatic nitrogens is 5. The molecule has 0 N–H and O–H groups in total. The first-order valence-electron chi connectivity index (χ1n) is 9.41. The number of hydrogen-bond acceptors (Lipinski definition) is 6. The molecule has 0 aliphatic carbocycles. The summed E-state index contributed by atoms with van der Waals surface area (Å²) < 4.78 is 1.62. The molecule has 0 bridgehead atoms. The lowest BCUT2D eigenvalue weighted by Crippen LogP contribution is -2.45. The van der Waals surface area contributed by atoms with Gasteiger partial charge in [-0.05, 0) is 31.6 Å². The summed E-state index contributed by atoms with van der Waals surface area (Å²) in [6.07, 6.45) is 8.70. The summed E-state index contributed by atoms with van der Waals surface area (Å²) in [5, 5.41) is 4.11. The molecule has 4 heterocycles. The molecule has 2 aromatic heterocycles. The summed E-state index contributed by atoms with van der Waals surface area (Å²) >= 11 is 0. The molecule has 1 amide bonds. The van der Waals surface area contributed by atoms with Gasteiger partial charge in [0.2, 0.25) is 5.91 Å². The van der Waals surface area contributed by atoms with E-state index in [1.54, 1.807) is 17.3 Å². The van der Waals surface area contributed by atoms with E-state index in [-0.39, 0.29) is 5.92 Å². The molecule has 0 aromatic carbocycles. The Labute approximate surface area is 153 Å². The van der Waals surface area contributed by atoms with Gasteiger partial charge < -0.3 is 9.80 Å². The van der Waals surface area contributed by atoms with Crippen molar-refractivity contribution in [3.63, 3.8) is 0 Å². The Balaban J connectivity index is 1.36. The van der Waals surface area contributed by atoms with Crippen molar-refractivity contribution in [2.24, 2.45) is 11.8 Å². The first-order valence-corrected chi connectivity index (χ1v) is 9.41. The fraction of sp³-hybridized carbons (Fsp3) is 0.611. The van der Waals surface area contributed by atoms with Gasteiger partial charge in [0, 0.05) is 38.2 Å². The predicted octanol–water partition coefficient (Wildman–Crippen LogP) is 1.53. The highest BCUT2D eigenvalue weighted by Crippen LogP contribution is 2.26. The van der Waals surface area contributed by atoms with Crippen LogP contribution in [0.25, 0.3) is 5.82 Å². The van der Waals surface area contributed by atoms with Crippen LogP contribution in [0.1, 0.15) is 32.6 Å². The summed E-state index contributed by atoms with van der Waals surface area (Å²) in [5.74, 6) is 2.83. The van der Waals surface area contributed by atoms with Crippen LogP contribution in [0.3, 0.4) is 0 Å². The standard InChI is InChI=1S/C18H25N7O/c1-14-2-6-24(7-3-14)18(26)15-4-8-23(9-5-15)16-10-17(21-12-20-16)25-13-19-11-22-25/h10-15H,2-9H2,1H3. The van der Waals surface area contributed by atoms with Crippen LogP contribution in [0.15, 0.2) is 25.0 Å². The van der Waals surface area contributed by atoms with Crippen LogP contribution < -0.4 is 4.90 Å². The highest BCUT2D eigenvalue weighted by molar-refractivity contribution is 5.79. The van der Waals surface area contributed by atoms with Gasteiger partial charge in [0.1, 0.15) is 24.8 Å². The van der Waals surface area contributed by atoms with Crippen molar-refractivity contribution in [1.29, 1.82) is 0 Å². The average molecular weight is 355 g/mol. The van der Waals surface area contributed by atoms with Gasteiger partial charge in [-0.2, -0.15) is 5.10 Å². The van der Waals surface area contributed by atoms with E-state index in [4.69, 9.17) is 0 Å². The molecule has 26 heavy (non-hydrogen) atoms. The monoisotopic (exact) mass is 355 g/mol. The van der Waals surface area contributed by atoms with Crippen LogP contribution in [0.4, 0.5) is 5.82 Å². The Morgan fingerprint density at radius 3 is 2.42 bits per heavy atom. The van der Waals surface area contributed by atoms with E-state index in [9.17, 15) is 4.79 Å². The van der Waals surface area contributed by atoms with Crippen LogP contribution in [-0.4, -0.2) is 61.7 Å². The SMILES string of the molecule is CC1CCN(C(=O)C2CCN(c3cc(-n4cncn4)ncn3)CC2)CC1. The third kappa shape index (κ3) is 3.54. The van der Waals surface area contributed by atoms with Crippen LogP contribution in [0.5, 0.6) is 0 Å². The lowest BCUT2D eigenvalue weighted by Gasteiger charge is -2.37. The molecule has 0 unspecified atom stereocenters. The van der Waals surface area contributed by atoms with E-state index in [0.717, 1.165) is 63.6 Å². The first kappa shape index (κ1) is 16.9. The van der Waals surface area contributed by atoms with Crippen molar-refractivity contribution in [1.82, 2.24) is 29.6 Å². The number of amides is 1. The van der Waals surface area contributed by atoms with Crippen LogP contribution in [0, 0.1) is 11.8 Å². The fourth-order valence-electron chi connectivity index (χ4n) is 3.80. The first-order chi connectivity index (χ1) is 12.7. The van der Waals surface area contributed by atoms with Gasteiger partial charge in [-0.15, -0.1) is 0 Å². The Kier molecular flexibility index (Phi) is 4.81. The largest absolute Gasteiger partial charge is 0.356 e. The van der Waals surface area contributed by atoms with Crippen molar-refractivity contribution in [2.75, 3.05) is 31.1 Å². The molecule has 4 rings (SSSR count). The van der Waals surface area contributed by atoms with E-state index in [1.807, 2.05) is 6.07 Å². The molecule has 0 radical (unpaired) electrons. The number of carbonyl (C=O) groups excluding carboxylic acids is 1. The van der Waals surface area contributed by atoms with E-state index >= 15 is 0 Å². The fourth-order valence-corrected chi connectivity index (χ4v) is 3.80. The molecule has 2 aromatic rings. The van der Waals surface area contributed by atoms with Gasteiger partial charge in [0.25, 0.3) is 0 Å². The second-order valence-electron chi connectivity index (χ2n) is 7.34. The van der Waals surface area contributed by atoms with Gasteiger partial charge in [-0.25, -0.2) is 19.6 Å². The molecule has 8 nitrogen and oxygen atoms in total. The van der Waals surface area contributed by atoms with Gasteiger partial charge in [0.05, 0.1) is 0 Å². The van der Waals surface area contributed by atoms with Crippen molar-refractivity contribution < 1.29 is 4.79 Å². The summed E-state index contributed by atoms with van der Waals surface area (Å²) in [6.45, 7) is 5.80. The number of likely N-dealkylation sites (tertiary alicyclic amines) is 1. The average Bonchev–Trinajstić information content (AvgIpc) is 3.23. The van der Waals surface area contributed by atoms with Crippen molar-refractivity contribution in [3.05, 3.63) is 25.0 Å². The maximum Gasteiger partial charge on any atom is 0.225 e. The molecule has 8 heteroatoms. The minimum absolute atomic E-state index is 0.149. The second-order valence-corrected chi connectivity index (χ2v) is 7.34. The third-order valence-electron chi connectivity index (χ3n) is 5.56. The zero-order valence-corrected chi connectivity index (χ0v) is 15.2. The zero-order chi connectivity index (χ0) is 17.9. The number of carbonyl (C=O) groups is 1. The van der Waals surface area contributed by atoms with Gasteiger partial charge >= 0.3 is 0 Å². The highest BCUT2D eigenvalue weighted by Gasteiger charge is 2.30. The molecular formula is C18H25N7O. The lowest BCUT2D eigenvalue weighted by atomic mass is 9.92. The maximum atomic E-state index is 12.8. The molecular weight excluding hydrogens is 330 g/mol. The number of hydrogen-bond donors (Lipinski definition) is 0. The highest BCUT2D eigenvalue weighted by atomic mass is 16.2. The molecule has 2 aliphatic rings. The van der Waals surface area contributed by atoms with E-state index in [0.29, 0.717) is 11.7 Å². The van der Waals surface area contributed by atoms with E-state index < -0.39 is 0 Å². The van der Waals surface area contributed by atoms with Gasteiger partial charge in [-0.3, -0.25) is 4.79 Å². The normalized spacial score (nSPS) is 19.7. The molecule has 0 atom stereocenters. The smallest absolute Gasteiger partial charge is 0.225 e. The van der Waals surface area contributed by atoms with Crippen LogP contribution in [0.2, 0.25) is 0 Å². The molecule has 2 saturated heterocycles. The lowest BCUT2D eigenvalue weighted by molar-refractivity contribution is -0.137. The second kappa shape index (κ2) is 7.39. The topological polar surface area (TPSA) is 80.0 Å². The summed E-state index contributed by atoms with van der Waals surface area (Å²) in [7, 11) is 0. The number of piperidine rings is 2. The third-order valence-corrected chi connectivity index (χ3v) is 5.56. The minimum atomic E-state index is 0.149. The Hall–Kier alpha value is -2.51. The number of anilines is 1. The summed E-state index contributed by atoms with van der Waals surface area (Å²) in [6, 6.07) is 1.92. The van der Waals surface area contributed by atoms with Crippen LogP contribution >= 0.6 is 0 Å². The summed E-state index contributed by atoms with van der Waals surface area (Å²) in [5.41, 5.74) is 0. The van der Waals surface area contributed by atoms with Gasteiger partial charge in [0.15, 0.2) is 5.82 Å². The minimum Gasteiger partial charge on any atom is -0.356 e. The Bertz CT molecular complexity index is 732. The quantitative estimate of drug-likeness (QED) is 0.831. The van der Waals surface area contributed by atoms with Crippen LogP contribution in [-0.2, 0) is 4.79 Å². The summed E-state index contributed by atoms with van der Waals surface area (Å²) in [4.78, 5) is 29.7. The van der Waals surface area contributed by atoms with E-state index in [1.165, 1.54) is 6.33 Å². The molecule has 2 fully saturated rings. The number of rotatable bonds is 3. The van der Waals surface area contributed by atoms with Gasteiger partial charge in [-0.1, -0.05) is 6.92 Å². The molecule has 2 aliphatic heterocycles. The number of nitrogens with zero attached hydrogens (tertiary/aromatic N) is 7. The molecule has 0 saturated carbocycles. The van der Waals surface area contributed by atoms with Crippen molar-refractivity contribution >= 4 is 11.7 Å². The van der Waals surface area contributed by atoms with Crippen molar-refractivity contribution in [3.8, 4) is 5.82 Å². The Morgan fingerprint density at radius 2 is 1.73 bits per heavy atom. The Morgan fingerprint density at radius 1 is 1.00 bits per heavy atom. The molecule has 138 valence electrons.